The molecule has 70 valence electrons. The number of carbonyl (C=O) groups excluding carboxylic acids is 1. The van der Waals surface area contributed by atoms with Crippen molar-refractivity contribution in [3.05, 3.63) is 0 Å². The number of nitrogens with two attached hydrogens (primary N) is 1. The maximum Gasteiger partial charge on any atom is 0.152 e. The van der Waals surface area contributed by atoms with E-state index in [-0.39, 0.29) is 5.78 Å². The zero-order chi connectivity index (χ0) is 9.03. The van der Waals surface area contributed by atoms with Crippen molar-refractivity contribution < 1.29 is 4.79 Å². The fourth-order valence-corrected chi connectivity index (χ4v) is 1.94. The van der Waals surface area contributed by atoms with Gasteiger partial charge < -0.3 is 5.73 Å². The highest BCUT2D eigenvalue weighted by atomic mass is 16.1. The maximum absolute atomic E-state index is 11.6. The lowest BCUT2D eigenvalue weighted by molar-refractivity contribution is -0.125. The zero-order valence-corrected chi connectivity index (χ0v) is 7.94. The number of hydrogen-bond donors (Lipinski definition) is 1. The SMILES string of the molecule is CCCC(=O)C1(N)CCCCC1. The van der Waals surface area contributed by atoms with Crippen LogP contribution in [0, 0.1) is 0 Å². The summed E-state index contributed by atoms with van der Waals surface area (Å²) in [4.78, 5) is 11.6. The van der Waals surface area contributed by atoms with Crippen LogP contribution in [0.25, 0.3) is 0 Å². The Kier molecular flexibility index (Phi) is 3.27. The molecule has 2 nitrogen and oxygen atoms in total. The Labute approximate surface area is 74.5 Å². The Morgan fingerprint density at radius 3 is 2.42 bits per heavy atom. The molecular weight excluding hydrogens is 150 g/mol. The number of Topliss-reactive ketones (excluding diaryl/α,β-unsaturated/α-hetero) is 1. The van der Waals surface area contributed by atoms with E-state index in [9.17, 15) is 4.79 Å². The minimum atomic E-state index is -0.450. The topological polar surface area (TPSA) is 43.1 Å². The maximum atomic E-state index is 11.6. The minimum Gasteiger partial charge on any atom is -0.319 e. The van der Waals surface area contributed by atoms with Crippen LogP contribution in [0.5, 0.6) is 0 Å². The molecule has 2 heteroatoms. The van der Waals surface area contributed by atoms with Gasteiger partial charge in [-0.2, -0.15) is 0 Å². The molecule has 0 spiro atoms. The van der Waals surface area contributed by atoms with Gasteiger partial charge in [0.05, 0.1) is 5.54 Å². The van der Waals surface area contributed by atoms with Crippen molar-refractivity contribution in [3.8, 4) is 0 Å². The summed E-state index contributed by atoms with van der Waals surface area (Å²) in [6.45, 7) is 2.03. The molecule has 0 unspecified atom stereocenters. The van der Waals surface area contributed by atoms with Gasteiger partial charge in [0.15, 0.2) is 5.78 Å². The average molecular weight is 169 g/mol. The standard InChI is InChI=1S/C10H19NO/c1-2-6-9(12)10(11)7-4-3-5-8-10/h2-8,11H2,1H3. The molecule has 0 aromatic carbocycles. The smallest absolute Gasteiger partial charge is 0.152 e. The van der Waals surface area contributed by atoms with E-state index < -0.39 is 5.54 Å². The quantitative estimate of drug-likeness (QED) is 0.702. The first-order valence-electron chi connectivity index (χ1n) is 5.01. The van der Waals surface area contributed by atoms with Crippen LogP contribution in [0.3, 0.4) is 0 Å². The molecule has 12 heavy (non-hydrogen) atoms. The molecule has 0 aliphatic heterocycles. The number of hydrogen-bond acceptors (Lipinski definition) is 2. The highest BCUT2D eigenvalue weighted by molar-refractivity contribution is 5.88. The highest BCUT2D eigenvalue weighted by Gasteiger charge is 2.33. The Balaban J connectivity index is 2.50. The van der Waals surface area contributed by atoms with E-state index >= 15 is 0 Å². The third kappa shape index (κ3) is 2.07. The van der Waals surface area contributed by atoms with E-state index in [0.29, 0.717) is 6.42 Å². The van der Waals surface area contributed by atoms with Crippen molar-refractivity contribution in [1.82, 2.24) is 0 Å². The Bertz CT molecular complexity index is 159. The van der Waals surface area contributed by atoms with Gasteiger partial charge in [-0.15, -0.1) is 0 Å². The van der Waals surface area contributed by atoms with Crippen LogP contribution < -0.4 is 5.73 Å². The first kappa shape index (κ1) is 9.72. The van der Waals surface area contributed by atoms with Crippen LogP contribution in [-0.2, 0) is 4.79 Å². The first-order chi connectivity index (χ1) is 5.69. The summed E-state index contributed by atoms with van der Waals surface area (Å²) >= 11 is 0. The van der Waals surface area contributed by atoms with Gasteiger partial charge in [-0.25, -0.2) is 0 Å². The lowest BCUT2D eigenvalue weighted by Crippen LogP contribution is -2.49. The fraction of sp³-hybridized carbons (Fsp3) is 0.900. The van der Waals surface area contributed by atoms with Gasteiger partial charge in [-0.3, -0.25) is 4.79 Å². The molecule has 0 radical (unpaired) electrons. The molecule has 0 heterocycles. The monoisotopic (exact) mass is 169 g/mol. The second-order valence-corrected chi connectivity index (χ2v) is 3.89. The number of rotatable bonds is 3. The van der Waals surface area contributed by atoms with Crippen LogP contribution in [0.1, 0.15) is 51.9 Å². The Morgan fingerprint density at radius 2 is 1.92 bits per heavy atom. The van der Waals surface area contributed by atoms with Gasteiger partial charge in [-0.1, -0.05) is 26.2 Å². The molecule has 1 fully saturated rings. The van der Waals surface area contributed by atoms with Gasteiger partial charge in [0.2, 0.25) is 0 Å². The second kappa shape index (κ2) is 4.04. The fourth-order valence-electron chi connectivity index (χ4n) is 1.94. The summed E-state index contributed by atoms with van der Waals surface area (Å²) in [6, 6.07) is 0. The first-order valence-corrected chi connectivity index (χ1v) is 5.01. The summed E-state index contributed by atoms with van der Waals surface area (Å²) in [5, 5.41) is 0. The lowest BCUT2D eigenvalue weighted by Gasteiger charge is -2.31. The van der Waals surface area contributed by atoms with Gasteiger partial charge in [0, 0.05) is 6.42 Å². The normalized spacial score (nSPS) is 22.2. The predicted molar refractivity (Wildman–Crippen MR) is 49.9 cm³/mol. The average Bonchev–Trinajstić information content (AvgIpc) is 2.06. The Hall–Kier alpha value is -0.370. The number of ketones is 1. The third-order valence-corrected chi connectivity index (χ3v) is 2.78. The Morgan fingerprint density at radius 1 is 1.33 bits per heavy atom. The molecule has 0 amide bonds. The molecule has 0 bridgehead atoms. The van der Waals surface area contributed by atoms with Crippen molar-refractivity contribution in [1.29, 1.82) is 0 Å². The van der Waals surface area contributed by atoms with Crippen LogP contribution in [0.15, 0.2) is 0 Å². The van der Waals surface area contributed by atoms with E-state index in [2.05, 4.69) is 0 Å². The molecule has 0 aromatic rings. The van der Waals surface area contributed by atoms with E-state index in [1.165, 1.54) is 6.42 Å². The number of carbonyl (C=O) groups is 1. The van der Waals surface area contributed by atoms with Gasteiger partial charge in [0.25, 0.3) is 0 Å². The molecule has 1 aliphatic rings. The van der Waals surface area contributed by atoms with E-state index in [0.717, 1.165) is 32.1 Å². The van der Waals surface area contributed by atoms with Gasteiger partial charge in [-0.05, 0) is 19.3 Å². The van der Waals surface area contributed by atoms with Crippen LogP contribution in [-0.4, -0.2) is 11.3 Å². The minimum absolute atomic E-state index is 0.282. The predicted octanol–water partition coefficient (Wildman–Crippen LogP) is 2.02. The van der Waals surface area contributed by atoms with Crippen molar-refractivity contribution in [2.45, 2.75) is 57.4 Å². The molecule has 0 saturated heterocycles. The van der Waals surface area contributed by atoms with Gasteiger partial charge in [0.1, 0.15) is 0 Å². The van der Waals surface area contributed by atoms with Crippen molar-refractivity contribution in [3.63, 3.8) is 0 Å². The van der Waals surface area contributed by atoms with Gasteiger partial charge >= 0.3 is 0 Å². The van der Waals surface area contributed by atoms with Crippen molar-refractivity contribution >= 4 is 5.78 Å². The summed E-state index contributed by atoms with van der Waals surface area (Å²) < 4.78 is 0. The van der Waals surface area contributed by atoms with E-state index in [4.69, 9.17) is 5.73 Å². The largest absolute Gasteiger partial charge is 0.319 e. The third-order valence-electron chi connectivity index (χ3n) is 2.78. The van der Waals surface area contributed by atoms with Crippen LogP contribution >= 0.6 is 0 Å². The molecule has 0 atom stereocenters. The van der Waals surface area contributed by atoms with E-state index in [1.807, 2.05) is 6.92 Å². The van der Waals surface area contributed by atoms with Crippen LogP contribution in [0.4, 0.5) is 0 Å². The zero-order valence-electron chi connectivity index (χ0n) is 7.94. The molecule has 1 saturated carbocycles. The summed E-state index contributed by atoms with van der Waals surface area (Å²) in [7, 11) is 0. The molecule has 2 N–H and O–H groups in total. The highest BCUT2D eigenvalue weighted by Crippen LogP contribution is 2.27. The van der Waals surface area contributed by atoms with E-state index in [1.54, 1.807) is 0 Å². The lowest BCUT2D eigenvalue weighted by atomic mass is 9.78. The molecule has 1 rings (SSSR count). The van der Waals surface area contributed by atoms with Crippen LogP contribution in [0.2, 0.25) is 0 Å². The van der Waals surface area contributed by atoms with Crippen molar-refractivity contribution in [2.75, 3.05) is 0 Å². The summed E-state index contributed by atoms with van der Waals surface area (Å²) in [6.07, 6.45) is 6.92. The summed E-state index contributed by atoms with van der Waals surface area (Å²) in [5.74, 6) is 0.282. The molecule has 0 aromatic heterocycles. The molecule has 1 aliphatic carbocycles. The second-order valence-electron chi connectivity index (χ2n) is 3.89. The molecular formula is C10H19NO. The van der Waals surface area contributed by atoms with Crippen molar-refractivity contribution in [2.24, 2.45) is 5.73 Å². The summed E-state index contributed by atoms with van der Waals surface area (Å²) in [5.41, 5.74) is 5.59.